The zero-order valence-corrected chi connectivity index (χ0v) is 9.36. The summed E-state index contributed by atoms with van der Waals surface area (Å²) in [5, 5.41) is 0. The van der Waals surface area contributed by atoms with Crippen LogP contribution >= 0.6 is 0 Å². The standard InChI is InChI=1S/C10H21N3O/c1-8(2)6-12-10(11)13(3)9-4-5-14-7-9/h8-9H,4-7H2,1-3H3,(H2,11,12). The van der Waals surface area contributed by atoms with Gasteiger partial charge in [-0.3, -0.25) is 4.99 Å². The van der Waals surface area contributed by atoms with Crippen LogP contribution in [0.5, 0.6) is 0 Å². The number of likely N-dealkylation sites (N-methyl/N-ethyl adjacent to an activating group) is 1. The van der Waals surface area contributed by atoms with Gasteiger partial charge < -0.3 is 15.4 Å². The second-order valence-corrected chi connectivity index (χ2v) is 4.22. The first kappa shape index (κ1) is 11.3. The molecule has 0 bridgehead atoms. The Morgan fingerprint density at radius 1 is 1.64 bits per heavy atom. The number of hydrogen-bond donors (Lipinski definition) is 1. The monoisotopic (exact) mass is 199 g/mol. The Labute approximate surface area is 86.1 Å². The first-order chi connectivity index (χ1) is 6.61. The van der Waals surface area contributed by atoms with Gasteiger partial charge >= 0.3 is 0 Å². The molecule has 1 saturated heterocycles. The summed E-state index contributed by atoms with van der Waals surface area (Å²) in [7, 11) is 1.98. The van der Waals surface area contributed by atoms with Crippen molar-refractivity contribution in [3.8, 4) is 0 Å². The van der Waals surface area contributed by atoms with E-state index in [4.69, 9.17) is 10.5 Å². The van der Waals surface area contributed by atoms with Gasteiger partial charge in [0.25, 0.3) is 0 Å². The zero-order chi connectivity index (χ0) is 10.6. The predicted octanol–water partition coefficient (Wildman–Crippen LogP) is 0.678. The highest BCUT2D eigenvalue weighted by molar-refractivity contribution is 5.78. The van der Waals surface area contributed by atoms with Crippen LogP contribution in [-0.2, 0) is 4.74 Å². The van der Waals surface area contributed by atoms with Crippen molar-refractivity contribution in [3.63, 3.8) is 0 Å². The molecule has 1 rings (SSSR count). The van der Waals surface area contributed by atoms with Gasteiger partial charge in [-0.05, 0) is 12.3 Å². The fourth-order valence-corrected chi connectivity index (χ4v) is 1.40. The minimum atomic E-state index is 0.408. The molecule has 0 aromatic heterocycles. The molecule has 0 saturated carbocycles. The van der Waals surface area contributed by atoms with Crippen LogP contribution < -0.4 is 5.73 Å². The topological polar surface area (TPSA) is 50.8 Å². The molecule has 0 radical (unpaired) electrons. The third-order valence-electron chi connectivity index (χ3n) is 2.43. The van der Waals surface area contributed by atoms with Gasteiger partial charge in [-0.15, -0.1) is 0 Å². The van der Waals surface area contributed by atoms with Crippen molar-refractivity contribution in [2.75, 3.05) is 26.8 Å². The summed E-state index contributed by atoms with van der Waals surface area (Å²) in [4.78, 5) is 6.36. The molecule has 1 atom stereocenters. The SMILES string of the molecule is CC(C)CN=C(N)N(C)C1CCOC1. The molecule has 0 amide bonds. The fraction of sp³-hybridized carbons (Fsp3) is 0.900. The van der Waals surface area contributed by atoms with E-state index < -0.39 is 0 Å². The molecule has 4 heteroatoms. The average Bonchev–Trinajstić information content (AvgIpc) is 2.65. The number of rotatable bonds is 3. The number of ether oxygens (including phenoxy) is 1. The summed E-state index contributed by atoms with van der Waals surface area (Å²) >= 11 is 0. The molecule has 4 nitrogen and oxygen atoms in total. The van der Waals surface area contributed by atoms with E-state index in [1.807, 2.05) is 11.9 Å². The third kappa shape index (κ3) is 3.18. The summed E-state index contributed by atoms with van der Waals surface area (Å²) in [5.74, 6) is 1.19. The van der Waals surface area contributed by atoms with Gasteiger partial charge in [-0.25, -0.2) is 0 Å². The van der Waals surface area contributed by atoms with Crippen molar-refractivity contribution in [1.29, 1.82) is 0 Å². The Bertz CT molecular complexity index is 198. The number of hydrogen-bond acceptors (Lipinski definition) is 2. The van der Waals surface area contributed by atoms with E-state index >= 15 is 0 Å². The van der Waals surface area contributed by atoms with E-state index in [0.717, 1.165) is 26.2 Å². The minimum Gasteiger partial charge on any atom is -0.379 e. The van der Waals surface area contributed by atoms with Gasteiger partial charge in [-0.2, -0.15) is 0 Å². The lowest BCUT2D eigenvalue weighted by Gasteiger charge is -2.24. The van der Waals surface area contributed by atoms with Gasteiger partial charge in [0.15, 0.2) is 5.96 Å². The van der Waals surface area contributed by atoms with Crippen LogP contribution in [0.4, 0.5) is 0 Å². The molecule has 1 unspecified atom stereocenters. The predicted molar refractivity (Wildman–Crippen MR) is 58.3 cm³/mol. The molecule has 0 aromatic rings. The Morgan fingerprint density at radius 2 is 2.36 bits per heavy atom. The van der Waals surface area contributed by atoms with Crippen molar-refractivity contribution >= 4 is 5.96 Å². The summed E-state index contributed by atoms with van der Waals surface area (Å²) in [6, 6.07) is 0.408. The minimum absolute atomic E-state index is 0.408. The summed E-state index contributed by atoms with van der Waals surface area (Å²) in [6.07, 6.45) is 1.05. The van der Waals surface area contributed by atoms with E-state index in [9.17, 15) is 0 Å². The molecule has 1 heterocycles. The lowest BCUT2D eigenvalue weighted by Crippen LogP contribution is -2.42. The van der Waals surface area contributed by atoms with Gasteiger partial charge in [0.1, 0.15) is 0 Å². The number of nitrogens with two attached hydrogens (primary N) is 1. The lowest BCUT2D eigenvalue weighted by atomic mass is 10.2. The highest BCUT2D eigenvalue weighted by Gasteiger charge is 2.21. The highest BCUT2D eigenvalue weighted by Crippen LogP contribution is 2.10. The first-order valence-corrected chi connectivity index (χ1v) is 5.21. The largest absolute Gasteiger partial charge is 0.379 e. The van der Waals surface area contributed by atoms with Crippen LogP contribution in [0.1, 0.15) is 20.3 Å². The van der Waals surface area contributed by atoms with Gasteiger partial charge in [-0.1, -0.05) is 13.8 Å². The van der Waals surface area contributed by atoms with E-state index in [1.165, 1.54) is 0 Å². The molecule has 1 fully saturated rings. The van der Waals surface area contributed by atoms with Gasteiger partial charge in [0, 0.05) is 20.2 Å². The second kappa shape index (κ2) is 5.20. The Morgan fingerprint density at radius 3 is 2.86 bits per heavy atom. The maximum atomic E-state index is 5.87. The van der Waals surface area contributed by atoms with Crippen molar-refractivity contribution < 1.29 is 4.74 Å². The van der Waals surface area contributed by atoms with E-state index in [2.05, 4.69) is 18.8 Å². The molecule has 1 aliphatic rings. The smallest absolute Gasteiger partial charge is 0.191 e. The molecule has 82 valence electrons. The molecular weight excluding hydrogens is 178 g/mol. The van der Waals surface area contributed by atoms with Crippen LogP contribution in [0.25, 0.3) is 0 Å². The number of guanidine groups is 1. The number of aliphatic imine (C=N–C) groups is 1. The van der Waals surface area contributed by atoms with E-state index in [1.54, 1.807) is 0 Å². The summed E-state index contributed by atoms with van der Waals surface area (Å²) in [6.45, 7) is 6.68. The van der Waals surface area contributed by atoms with Crippen LogP contribution in [0.15, 0.2) is 4.99 Å². The summed E-state index contributed by atoms with van der Waals surface area (Å²) < 4.78 is 5.30. The fourth-order valence-electron chi connectivity index (χ4n) is 1.40. The highest BCUT2D eigenvalue weighted by atomic mass is 16.5. The Balaban J connectivity index is 2.41. The van der Waals surface area contributed by atoms with Crippen LogP contribution in [0.2, 0.25) is 0 Å². The van der Waals surface area contributed by atoms with Crippen LogP contribution in [-0.4, -0.2) is 43.7 Å². The molecule has 1 aliphatic heterocycles. The van der Waals surface area contributed by atoms with Crippen LogP contribution in [0.3, 0.4) is 0 Å². The van der Waals surface area contributed by atoms with Crippen LogP contribution in [0, 0.1) is 5.92 Å². The maximum Gasteiger partial charge on any atom is 0.191 e. The molecular formula is C10H21N3O. The second-order valence-electron chi connectivity index (χ2n) is 4.22. The molecule has 0 spiro atoms. The van der Waals surface area contributed by atoms with E-state index in [-0.39, 0.29) is 0 Å². The first-order valence-electron chi connectivity index (χ1n) is 5.21. The quantitative estimate of drug-likeness (QED) is 0.537. The van der Waals surface area contributed by atoms with Crippen molar-refractivity contribution in [3.05, 3.63) is 0 Å². The van der Waals surface area contributed by atoms with Crippen molar-refractivity contribution in [2.45, 2.75) is 26.3 Å². The van der Waals surface area contributed by atoms with Gasteiger partial charge in [0.05, 0.1) is 12.6 Å². The molecule has 2 N–H and O–H groups in total. The summed E-state index contributed by atoms with van der Waals surface area (Å²) in [5.41, 5.74) is 5.87. The van der Waals surface area contributed by atoms with Gasteiger partial charge in [0.2, 0.25) is 0 Å². The molecule has 0 aromatic carbocycles. The van der Waals surface area contributed by atoms with Crippen molar-refractivity contribution in [1.82, 2.24) is 4.90 Å². The van der Waals surface area contributed by atoms with E-state index in [0.29, 0.717) is 17.9 Å². The van der Waals surface area contributed by atoms with Crippen molar-refractivity contribution in [2.24, 2.45) is 16.6 Å². The Kier molecular flexibility index (Phi) is 4.20. The Hall–Kier alpha value is -0.770. The maximum absolute atomic E-state index is 5.87. The third-order valence-corrected chi connectivity index (χ3v) is 2.43. The average molecular weight is 199 g/mol. The molecule has 14 heavy (non-hydrogen) atoms. The normalized spacial score (nSPS) is 23.1. The lowest BCUT2D eigenvalue weighted by molar-refractivity contribution is 0.179. The molecule has 0 aliphatic carbocycles. The zero-order valence-electron chi connectivity index (χ0n) is 9.36. The number of nitrogens with zero attached hydrogens (tertiary/aromatic N) is 2.